The molecule has 162 valence electrons. The molecular weight excluding hydrogens is 441 g/mol. The van der Waals surface area contributed by atoms with Crippen molar-refractivity contribution in [2.45, 2.75) is 6.92 Å². The van der Waals surface area contributed by atoms with E-state index in [1.54, 1.807) is 12.1 Å². The van der Waals surface area contributed by atoms with Crippen LogP contribution in [0.15, 0.2) is 42.5 Å². The molecule has 3 rings (SSSR count). The molecule has 9 nitrogen and oxygen atoms in total. The second-order valence-corrected chi connectivity index (χ2v) is 7.30. The van der Waals surface area contributed by atoms with Crippen molar-refractivity contribution in [1.82, 2.24) is 9.97 Å². The molecule has 3 aromatic rings. The van der Waals surface area contributed by atoms with Crippen molar-refractivity contribution in [2.75, 3.05) is 41.3 Å². The third-order valence-electron chi connectivity index (χ3n) is 4.29. The Balaban J connectivity index is 1.68. The van der Waals surface area contributed by atoms with Crippen LogP contribution >= 0.6 is 23.2 Å². The molecule has 0 aliphatic heterocycles. The lowest BCUT2D eigenvalue weighted by atomic mass is 10.1. The summed E-state index contributed by atoms with van der Waals surface area (Å²) in [6, 6.07) is 11.9. The summed E-state index contributed by atoms with van der Waals surface area (Å²) in [4.78, 5) is 18.9. The maximum Gasteiger partial charge on any atom is 0.311 e. The van der Waals surface area contributed by atoms with E-state index in [0.29, 0.717) is 40.5 Å². The number of rotatable bonds is 9. The van der Waals surface area contributed by atoms with Gasteiger partial charge in [0.05, 0.1) is 21.3 Å². The smallest absolute Gasteiger partial charge is 0.311 e. The van der Waals surface area contributed by atoms with Crippen molar-refractivity contribution < 1.29 is 4.92 Å². The highest BCUT2D eigenvalue weighted by Crippen LogP contribution is 2.34. The highest BCUT2D eigenvalue weighted by molar-refractivity contribution is 6.36. The third-order valence-corrected chi connectivity index (χ3v) is 4.83. The number of nitrogen functional groups attached to an aromatic ring is 1. The van der Waals surface area contributed by atoms with Crippen molar-refractivity contribution in [3.63, 3.8) is 0 Å². The summed E-state index contributed by atoms with van der Waals surface area (Å²) < 4.78 is 0. The zero-order valence-corrected chi connectivity index (χ0v) is 18.2. The number of hydrogen-bond acceptors (Lipinski definition) is 8. The molecule has 11 heteroatoms. The van der Waals surface area contributed by atoms with Gasteiger partial charge in [-0.25, -0.2) is 9.97 Å². The van der Waals surface area contributed by atoms with Gasteiger partial charge in [-0.2, -0.15) is 0 Å². The first kappa shape index (κ1) is 22.4. The lowest BCUT2D eigenvalue weighted by molar-refractivity contribution is -0.384. The van der Waals surface area contributed by atoms with Crippen LogP contribution in [0.25, 0.3) is 11.3 Å². The fourth-order valence-electron chi connectivity index (χ4n) is 2.88. The Labute approximate surface area is 189 Å². The maximum absolute atomic E-state index is 10.8. The van der Waals surface area contributed by atoms with Crippen LogP contribution in [0, 0.1) is 10.1 Å². The van der Waals surface area contributed by atoms with Crippen LogP contribution in [-0.4, -0.2) is 34.5 Å². The van der Waals surface area contributed by atoms with Crippen LogP contribution in [0.4, 0.5) is 28.8 Å². The fourth-order valence-corrected chi connectivity index (χ4v) is 3.38. The van der Waals surface area contributed by atoms with Gasteiger partial charge in [-0.15, -0.1) is 0 Å². The average Bonchev–Trinajstić information content (AvgIpc) is 2.72. The topological polar surface area (TPSA) is 131 Å². The first-order valence-corrected chi connectivity index (χ1v) is 10.2. The lowest BCUT2D eigenvalue weighted by Crippen LogP contribution is -2.15. The maximum atomic E-state index is 10.8. The minimum Gasteiger partial charge on any atom is -0.384 e. The summed E-state index contributed by atoms with van der Waals surface area (Å²) in [5, 5.41) is 21.5. The Morgan fingerprint density at radius 2 is 1.68 bits per heavy atom. The molecule has 31 heavy (non-hydrogen) atoms. The molecule has 0 spiro atoms. The summed E-state index contributed by atoms with van der Waals surface area (Å²) in [5.41, 5.74) is 7.73. The predicted octanol–water partition coefficient (Wildman–Crippen LogP) is 4.90. The van der Waals surface area contributed by atoms with Gasteiger partial charge >= 0.3 is 5.69 Å². The van der Waals surface area contributed by atoms with E-state index in [0.717, 1.165) is 17.8 Å². The number of hydrogen-bond donors (Lipinski definition) is 4. The number of nitrogens with one attached hydrogen (secondary N) is 3. The Kier molecular flexibility index (Phi) is 7.32. The van der Waals surface area contributed by atoms with Gasteiger partial charge in [0.15, 0.2) is 0 Å². The number of benzene rings is 1. The van der Waals surface area contributed by atoms with E-state index in [4.69, 9.17) is 33.9 Å². The number of nitrogens with zero attached hydrogens (tertiary/aromatic N) is 3. The van der Waals surface area contributed by atoms with Crippen LogP contribution in [-0.2, 0) is 0 Å². The Morgan fingerprint density at radius 3 is 2.29 bits per heavy atom. The van der Waals surface area contributed by atoms with E-state index < -0.39 is 4.92 Å². The molecule has 2 aromatic heterocycles. The standard InChI is InChI=1S/C20H21Cl2N7O2/c1-2-24-15-5-7-17(27-19(15)13-4-3-12(21)11-14(13)22)25-9-10-26-18-8-6-16(29(30)31)20(23)28-18/h3-8,11,24H,2,9-10H2,1H3,(H,25,27)(H3,23,26,28). The summed E-state index contributed by atoms with van der Waals surface area (Å²) in [6.45, 7) is 3.77. The van der Waals surface area contributed by atoms with Gasteiger partial charge in [-0.05, 0) is 43.3 Å². The van der Waals surface area contributed by atoms with Gasteiger partial charge in [0, 0.05) is 36.3 Å². The van der Waals surface area contributed by atoms with Crippen LogP contribution < -0.4 is 21.7 Å². The number of anilines is 4. The minimum atomic E-state index is -0.569. The Morgan fingerprint density at radius 1 is 1.00 bits per heavy atom. The lowest BCUT2D eigenvalue weighted by Gasteiger charge is -2.14. The molecule has 0 unspecified atom stereocenters. The van der Waals surface area contributed by atoms with Crippen molar-refractivity contribution in [2.24, 2.45) is 0 Å². The number of pyridine rings is 2. The number of aromatic nitrogens is 2. The molecule has 0 amide bonds. The molecule has 0 radical (unpaired) electrons. The van der Waals surface area contributed by atoms with Crippen LogP contribution in [0.5, 0.6) is 0 Å². The first-order chi connectivity index (χ1) is 14.9. The van der Waals surface area contributed by atoms with Crippen LogP contribution in [0.1, 0.15) is 6.92 Å². The number of nitro groups is 1. The quantitative estimate of drug-likeness (QED) is 0.201. The van der Waals surface area contributed by atoms with E-state index in [1.807, 2.05) is 25.1 Å². The molecule has 0 saturated carbocycles. The summed E-state index contributed by atoms with van der Waals surface area (Å²) in [7, 11) is 0. The van der Waals surface area contributed by atoms with Crippen LogP contribution in [0.2, 0.25) is 10.0 Å². The zero-order valence-electron chi connectivity index (χ0n) is 16.7. The molecule has 0 atom stereocenters. The van der Waals surface area contributed by atoms with E-state index in [1.165, 1.54) is 12.1 Å². The second-order valence-electron chi connectivity index (χ2n) is 6.46. The van der Waals surface area contributed by atoms with Crippen molar-refractivity contribution in [3.8, 4) is 11.3 Å². The minimum absolute atomic E-state index is 0.131. The number of halogens is 2. The van der Waals surface area contributed by atoms with Crippen molar-refractivity contribution in [1.29, 1.82) is 0 Å². The normalized spacial score (nSPS) is 10.5. The van der Waals surface area contributed by atoms with E-state index in [9.17, 15) is 10.1 Å². The molecule has 0 bridgehead atoms. The summed E-state index contributed by atoms with van der Waals surface area (Å²) in [6.07, 6.45) is 0. The molecule has 0 aliphatic rings. The summed E-state index contributed by atoms with van der Waals surface area (Å²) in [5.74, 6) is 0.989. The van der Waals surface area contributed by atoms with Gasteiger partial charge in [0.2, 0.25) is 5.82 Å². The first-order valence-electron chi connectivity index (χ1n) is 9.48. The van der Waals surface area contributed by atoms with E-state index >= 15 is 0 Å². The monoisotopic (exact) mass is 461 g/mol. The summed E-state index contributed by atoms with van der Waals surface area (Å²) >= 11 is 12.4. The van der Waals surface area contributed by atoms with Crippen molar-refractivity contribution >= 4 is 52.0 Å². The highest BCUT2D eigenvalue weighted by Gasteiger charge is 2.13. The highest BCUT2D eigenvalue weighted by atomic mass is 35.5. The average molecular weight is 462 g/mol. The molecule has 0 saturated heterocycles. The van der Waals surface area contributed by atoms with Gasteiger partial charge in [-0.3, -0.25) is 10.1 Å². The Hall–Kier alpha value is -3.30. The molecule has 5 N–H and O–H groups in total. The Bertz CT molecular complexity index is 1100. The van der Waals surface area contributed by atoms with E-state index in [-0.39, 0.29) is 11.5 Å². The van der Waals surface area contributed by atoms with E-state index in [2.05, 4.69) is 20.9 Å². The molecule has 1 aromatic carbocycles. The fraction of sp³-hybridized carbons (Fsp3) is 0.200. The predicted molar refractivity (Wildman–Crippen MR) is 126 cm³/mol. The second kappa shape index (κ2) is 10.1. The SMILES string of the molecule is CCNc1ccc(NCCNc2ccc([N+](=O)[O-])c(N)n2)nc1-c1ccc(Cl)cc1Cl. The molecular formula is C20H21Cl2N7O2. The molecule has 0 aliphatic carbocycles. The zero-order chi connectivity index (χ0) is 22.4. The van der Waals surface area contributed by atoms with Crippen LogP contribution in [0.3, 0.4) is 0 Å². The molecule has 2 heterocycles. The van der Waals surface area contributed by atoms with Gasteiger partial charge < -0.3 is 21.7 Å². The number of nitrogens with two attached hydrogens (primary N) is 1. The van der Waals surface area contributed by atoms with Crippen molar-refractivity contribution in [3.05, 3.63) is 62.6 Å². The largest absolute Gasteiger partial charge is 0.384 e. The van der Waals surface area contributed by atoms with Gasteiger partial charge in [0.1, 0.15) is 11.6 Å². The van der Waals surface area contributed by atoms with Gasteiger partial charge in [-0.1, -0.05) is 23.2 Å². The van der Waals surface area contributed by atoms with Gasteiger partial charge in [0.25, 0.3) is 0 Å². The molecule has 0 fully saturated rings. The third kappa shape index (κ3) is 5.65.